The zero-order valence-electron chi connectivity index (χ0n) is 12.8. The van der Waals surface area contributed by atoms with E-state index in [9.17, 15) is 14.0 Å². The van der Waals surface area contributed by atoms with E-state index in [1.165, 1.54) is 12.1 Å². The van der Waals surface area contributed by atoms with Crippen molar-refractivity contribution in [3.63, 3.8) is 0 Å². The number of ether oxygens (including phenoxy) is 1. The Hall–Kier alpha value is -1.43. The average molecular weight is 384 g/mol. The first kappa shape index (κ1) is 16.4. The lowest BCUT2D eigenvalue weighted by Gasteiger charge is -2.33. The van der Waals surface area contributed by atoms with Crippen LogP contribution in [0.1, 0.15) is 42.5 Å². The monoisotopic (exact) mass is 383 g/mol. The Morgan fingerprint density at radius 1 is 1.22 bits per heavy atom. The first-order chi connectivity index (χ1) is 11.0. The number of hydrogen-bond acceptors (Lipinski definition) is 3. The molecular formula is C17H19BrFNO3. The largest absolute Gasteiger partial charge is 0.462 e. The van der Waals surface area contributed by atoms with Crippen LogP contribution < -0.4 is 0 Å². The second kappa shape index (κ2) is 6.99. The van der Waals surface area contributed by atoms with Gasteiger partial charge in [0, 0.05) is 18.7 Å². The molecule has 1 amide bonds. The van der Waals surface area contributed by atoms with Gasteiger partial charge in [0.15, 0.2) is 0 Å². The van der Waals surface area contributed by atoms with Crippen molar-refractivity contribution in [2.45, 2.75) is 38.2 Å². The van der Waals surface area contributed by atoms with Gasteiger partial charge in [-0.25, -0.2) is 4.39 Å². The number of nitrogens with zero attached hydrogens (tertiary/aromatic N) is 1. The molecule has 0 radical (unpaired) electrons. The maximum atomic E-state index is 13.6. The van der Waals surface area contributed by atoms with Gasteiger partial charge >= 0.3 is 5.97 Å². The van der Waals surface area contributed by atoms with E-state index >= 15 is 0 Å². The fraction of sp³-hybridized carbons (Fsp3) is 0.529. The van der Waals surface area contributed by atoms with Crippen LogP contribution in [-0.2, 0) is 9.53 Å². The van der Waals surface area contributed by atoms with E-state index in [1.54, 1.807) is 11.0 Å². The second-order valence-electron chi connectivity index (χ2n) is 6.21. The maximum absolute atomic E-state index is 13.6. The Balaban J connectivity index is 1.63. The smallest absolute Gasteiger partial charge is 0.311 e. The van der Waals surface area contributed by atoms with Crippen LogP contribution in [0.25, 0.3) is 0 Å². The third kappa shape index (κ3) is 3.74. The SMILES string of the molecule is O=C(OC1CCC1)[C@@H]1CCCN(C(=O)c2ccc(Br)c(F)c2)C1. The Kier molecular flexibility index (Phi) is 4.99. The van der Waals surface area contributed by atoms with Crippen LogP contribution in [0, 0.1) is 11.7 Å². The third-order valence-electron chi connectivity index (χ3n) is 4.54. The molecule has 0 N–H and O–H groups in total. The highest BCUT2D eigenvalue weighted by Gasteiger charge is 2.32. The molecule has 2 aliphatic rings. The van der Waals surface area contributed by atoms with Crippen molar-refractivity contribution in [1.82, 2.24) is 4.90 Å². The van der Waals surface area contributed by atoms with Gasteiger partial charge in [-0.05, 0) is 66.2 Å². The van der Waals surface area contributed by atoms with Crippen LogP contribution in [0.3, 0.4) is 0 Å². The molecular weight excluding hydrogens is 365 g/mol. The molecule has 1 aromatic rings. The zero-order valence-corrected chi connectivity index (χ0v) is 14.4. The van der Waals surface area contributed by atoms with Gasteiger partial charge in [0.25, 0.3) is 5.91 Å². The quantitative estimate of drug-likeness (QED) is 0.749. The average Bonchev–Trinajstić information content (AvgIpc) is 2.52. The summed E-state index contributed by atoms with van der Waals surface area (Å²) in [5.74, 6) is -1.17. The molecule has 0 unspecified atom stereocenters. The predicted octanol–water partition coefficient (Wildman–Crippen LogP) is 3.54. The summed E-state index contributed by atoms with van der Waals surface area (Å²) in [6.45, 7) is 0.936. The van der Waals surface area contributed by atoms with Gasteiger partial charge in [-0.1, -0.05) is 0 Å². The van der Waals surface area contributed by atoms with Crippen LogP contribution >= 0.6 is 15.9 Å². The van der Waals surface area contributed by atoms with Crippen molar-refractivity contribution in [3.8, 4) is 0 Å². The number of amides is 1. The van der Waals surface area contributed by atoms with E-state index in [-0.39, 0.29) is 23.9 Å². The molecule has 3 rings (SSSR count). The number of carbonyl (C=O) groups is 2. The molecule has 0 aromatic heterocycles. The lowest BCUT2D eigenvalue weighted by atomic mass is 9.94. The van der Waals surface area contributed by atoms with E-state index < -0.39 is 5.82 Å². The Morgan fingerprint density at radius 2 is 2.00 bits per heavy atom. The van der Waals surface area contributed by atoms with Gasteiger partial charge in [0.1, 0.15) is 11.9 Å². The Labute approximate surface area is 143 Å². The highest BCUT2D eigenvalue weighted by Crippen LogP contribution is 2.26. The third-order valence-corrected chi connectivity index (χ3v) is 5.19. The van der Waals surface area contributed by atoms with Gasteiger partial charge in [0.2, 0.25) is 0 Å². The van der Waals surface area contributed by atoms with Crippen molar-refractivity contribution in [2.75, 3.05) is 13.1 Å². The number of hydrogen-bond donors (Lipinski definition) is 0. The maximum Gasteiger partial charge on any atom is 0.311 e. The number of piperidine rings is 1. The summed E-state index contributed by atoms with van der Waals surface area (Å²) >= 11 is 3.08. The van der Waals surface area contributed by atoms with Crippen molar-refractivity contribution in [3.05, 3.63) is 34.1 Å². The lowest BCUT2D eigenvalue weighted by molar-refractivity contribution is -0.159. The standard InChI is InChI=1S/C17H19BrFNO3/c18-14-7-6-11(9-15(14)19)16(21)20-8-2-3-12(10-20)17(22)23-13-4-1-5-13/h6-7,9,12-13H,1-5,8,10H2/t12-/m1/s1. The fourth-order valence-corrected chi connectivity index (χ4v) is 3.16. The van der Waals surface area contributed by atoms with Crippen LogP contribution in [-0.4, -0.2) is 36.0 Å². The fourth-order valence-electron chi connectivity index (χ4n) is 2.91. The second-order valence-corrected chi connectivity index (χ2v) is 7.06. The topological polar surface area (TPSA) is 46.6 Å². The van der Waals surface area contributed by atoms with Crippen LogP contribution in [0.15, 0.2) is 22.7 Å². The summed E-state index contributed by atoms with van der Waals surface area (Å²) in [6, 6.07) is 4.34. The molecule has 4 nitrogen and oxygen atoms in total. The molecule has 1 heterocycles. The number of halogens is 2. The Bertz CT molecular complexity index is 618. The van der Waals surface area contributed by atoms with E-state index in [1.807, 2.05) is 0 Å². The summed E-state index contributed by atoms with van der Waals surface area (Å²) in [6.07, 6.45) is 4.56. The summed E-state index contributed by atoms with van der Waals surface area (Å²) in [5, 5.41) is 0. The molecule has 1 saturated heterocycles. The molecule has 1 saturated carbocycles. The van der Waals surface area contributed by atoms with E-state index in [0.717, 1.165) is 32.1 Å². The number of likely N-dealkylation sites (tertiary alicyclic amines) is 1. The molecule has 1 aliphatic heterocycles. The molecule has 1 aromatic carbocycles. The highest BCUT2D eigenvalue weighted by molar-refractivity contribution is 9.10. The van der Waals surface area contributed by atoms with Crippen molar-refractivity contribution in [2.24, 2.45) is 5.92 Å². The summed E-state index contributed by atoms with van der Waals surface area (Å²) in [5.41, 5.74) is 0.304. The number of esters is 1. The Morgan fingerprint density at radius 3 is 2.65 bits per heavy atom. The van der Waals surface area contributed by atoms with Crippen LogP contribution in [0.4, 0.5) is 4.39 Å². The number of benzene rings is 1. The van der Waals surface area contributed by atoms with E-state index in [4.69, 9.17) is 4.74 Å². The van der Waals surface area contributed by atoms with Crippen molar-refractivity contribution < 1.29 is 18.7 Å². The zero-order chi connectivity index (χ0) is 16.4. The van der Waals surface area contributed by atoms with Gasteiger partial charge in [-0.15, -0.1) is 0 Å². The minimum absolute atomic E-state index is 0.0640. The first-order valence-corrected chi connectivity index (χ1v) is 8.78. The minimum Gasteiger partial charge on any atom is -0.462 e. The molecule has 0 spiro atoms. The normalized spacial score (nSPS) is 21.7. The van der Waals surface area contributed by atoms with Gasteiger partial charge in [-0.2, -0.15) is 0 Å². The molecule has 1 atom stereocenters. The molecule has 2 fully saturated rings. The van der Waals surface area contributed by atoms with Gasteiger partial charge < -0.3 is 9.64 Å². The molecule has 1 aliphatic carbocycles. The van der Waals surface area contributed by atoms with Crippen molar-refractivity contribution in [1.29, 1.82) is 0 Å². The lowest BCUT2D eigenvalue weighted by Crippen LogP contribution is -2.43. The first-order valence-electron chi connectivity index (χ1n) is 7.99. The van der Waals surface area contributed by atoms with Gasteiger partial charge in [-0.3, -0.25) is 9.59 Å². The molecule has 23 heavy (non-hydrogen) atoms. The van der Waals surface area contributed by atoms with E-state index in [2.05, 4.69) is 15.9 Å². The predicted molar refractivity (Wildman–Crippen MR) is 86.5 cm³/mol. The van der Waals surface area contributed by atoms with E-state index in [0.29, 0.717) is 23.1 Å². The van der Waals surface area contributed by atoms with Crippen LogP contribution in [0.5, 0.6) is 0 Å². The van der Waals surface area contributed by atoms with Crippen molar-refractivity contribution >= 4 is 27.8 Å². The number of carbonyl (C=O) groups excluding carboxylic acids is 2. The summed E-state index contributed by atoms with van der Waals surface area (Å²) < 4.78 is 19.4. The summed E-state index contributed by atoms with van der Waals surface area (Å²) in [7, 11) is 0. The van der Waals surface area contributed by atoms with Crippen LogP contribution in [0.2, 0.25) is 0 Å². The minimum atomic E-state index is -0.464. The summed E-state index contributed by atoms with van der Waals surface area (Å²) in [4.78, 5) is 26.3. The molecule has 124 valence electrons. The highest BCUT2D eigenvalue weighted by atomic mass is 79.9. The molecule has 0 bridgehead atoms. The molecule has 6 heteroatoms. The van der Waals surface area contributed by atoms with Gasteiger partial charge in [0.05, 0.1) is 10.4 Å². The number of rotatable bonds is 3.